The van der Waals surface area contributed by atoms with Crippen LogP contribution >= 0.6 is 0 Å². The van der Waals surface area contributed by atoms with E-state index in [-0.39, 0.29) is 16.7 Å². The summed E-state index contributed by atoms with van der Waals surface area (Å²) in [5.41, 5.74) is -9.93. The molecular weight excluding hydrogens is 413 g/mol. The maximum Gasteiger partial charge on any atom is 0.457 e. The molecule has 2 aromatic rings. The van der Waals surface area contributed by atoms with Gasteiger partial charge < -0.3 is 0 Å². The smallest absolute Gasteiger partial charge is 0.221 e. The van der Waals surface area contributed by atoms with Crippen LogP contribution in [-0.2, 0) is 5.67 Å². The number of halogens is 9. The summed E-state index contributed by atoms with van der Waals surface area (Å²) in [5, 5.41) is 9.17. The Morgan fingerprint density at radius 3 is 1.83 bits per heavy atom. The maximum absolute atomic E-state index is 15.2. The predicted octanol–water partition coefficient (Wildman–Crippen LogP) is 6.77. The lowest BCUT2D eigenvalue weighted by atomic mass is 9.79. The van der Waals surface area contributed by atoms with E-state index in [0.29, 0.717) is 6.07 Å². The number of alkyl halides is 9. The Kier molecular flexibility index (Phi) is 5.43. The molecule has 0 aliphatic carbocycles. The normalized spacial score (nSPS) is 15.0. The third kappa shape index (κ3) is 3.43. The molecule has 0 aromatic heterocycles. The van der Waals surface area contributed by atoms with Crippen molar-refractivity contribution in [3.8, 4) is 17.2 Å². The van der Waals surface area contributed by atoms with Crippen molar-refractivity contribution in [2.24, 2.45) is 0 Å². The van der Waals surface area contributed by atoms with Crippen LogP contribution in [-0.4, -0.2) is 18.3 Å². The number of aryl methyl sites for hydroxylation is 2. The molecule has 0 radical (unpaired) electrons. The minimum absolute atomic E-state index is 0.167. The third-order valence-electron chi connectivity index (χ3n) is 4.35. The summed E-state index contributed by atoms with van der Waals surface area (Å²) in [6, 6.07) is 7.80. The molecule has 0 heterocycles. The summed E-state index contributed by atoms with van der Waals surface area (Å²) in [6.45, 7) is 2.25. The Morgan fingerprint density at radius 2 is 1.34 bits per heavy atom. The number of benzene rings is 2. The van der Waals surface area contributed by atoms with E-state index in [1.807, 2.05) is 0 Å². The lowest BCUT2D eigenvalue weighted by Gasteiger charge is -2.37. The highest BCUT2D eigenvalue weighted by molar-refractivity contribution is 5.78. The van der Waals surface area contributed by atoms with Crippen molar-refractivity contribution in [1.29, 1.82) is 5.26 Å². The average molecular weight is 425 g/mol. The maximum atomic E-state index is 15.2. The van der Waals surface area contributed by atoms with Gasteiger partial charge in [-0.05, 0) is 31.0 Å². The lowest BCUT2D eigenvalue weighted by Crippen LogP contribution is -2.60. The van der Waals surface area contributed by atoms with Gasteiger partial charge in [-0.3, -0.25) is 0 Å². The first kappa shape index (κ1) is 22.6. The van der Waals surface area contributed by atoms with Crippen molar-refractivity contribution in [3.63, 3.8) is 0 Å². The summed E-state index contributed by atoms with van der Waals surface area (Å²) in [7, 11) is 0. The Labute approximate surface area is 159 Å². The fourth-order valence-corrected chi connectivity index (χ4v) is 3.09. The van der Waals surface area contributed by atoms with Crippen LogP contribution < -0.4 is 0 Å². The Balaban J connectivity index is 3.08. The van der Waals surface area contributed by atoms with E-state index in [0.717, 1.165) is 26.0 Å². The first-order chi connectivity index (χ1) is 13.1. The van der Waals surface area contributed by atoms with Gasteiger partial charge in [0.15, 0.2) is 0 Å². The summed E-state index contributed by atoms with van der Waals surface area (Å²) < 4.78 is 122. The Bertz CT molecular complexity index is 967. The van der Waals surface area contributed by atoms with Gasteiger partial charge in [0.25, 0.3) is 0 Å². The quantitative estimate of drug-likeness (QED) is 0.498. The summed E-state index contributed by atoms with van der Waals surface area (Å²) >= 11 is 0. The highest BCUT2D eigenvalue weighted by Crippen LogP contribution is 2.60. The minimum atomic E-state index is -6.83. The lowest BCUT2D eigenvalue weighted by molar-refractivity contribution is -0.389. The Hall–Kier alpha value is -2.70. The van der Waals surface area contributed by atoms with E-state index >= 15 is 4.39 Å². The standard InChI is InChI=1S/C19H12F9N/c1-10-7-11(2)15(13-6-4-3-5-12(13)9-29)14(8-10)16(20,18(23,24)25)17(21,22)19(26,27)28/h3-8H,1-2H3. The van der Waals surface area contributed by atoms with Gasteiger partial charge in [-0.25, -0.2) is 4.39 Å². The van der Waals surface area contributed by atoms with Crippen molar-refractivity contribution in [1.82, 2.24) is 0 Å². The molecule has 1 atom stereocenters. The number of hydrogen-bond donors (Lipinski definition) is 0. The predicted molar refractivity (Wildman–Crippen MR) is 85.9 cm³/mol. The molecule has 1 nitrogen and oxygen atoms in total. The van der Waals surface area contributed by atoms with E-state index in [1.165, 1.54) is 18.2 Å². The van der Waals surface area contributed by atoms with Crippen LogP contribution in [0.3, 0.4) is 0 Å². The zero-order chi connectivity index (χ0) is 22.4. The molecule has 0 saturated carbocycles. The van der Waals surface area contributed by atoms with E-state index in [1.54, 1.807) is 6.07 Å². The first-order valence-corrected chi connectivity index (χ1v) is 7.91. The average Bonchev–Trinajstić information content (AvgIpc) is 2.58. The number of nitriles is 1. The van der Waals surface area contributed by atoms with Gasteiger partial charge in [0, 0.05) is 11.1 Å². The SMILES string of the molecule is Cc1cc(C)c(-c2ccccc2C#N)c(C(F)(C(F)(F)F)C(F)(F)C(F)(F)F)c1. The van der Waals surface area contributed by atoms with Crippen LogP contribution in [0.5, 0.6) is 0 Å². The van der Waals surface area contributed by atoms with Gasteiger partial charge in [0.05, 0.1) is 11.6 Å². The zero-order valence-electron chi connectivity index (χ0n) is 14.8. The minimum Gasteiger partial charge on any atom is -0.221 e. The first-order valence-electron chi connectivity index (χ1n) is 7.91. The van der Waals surface area contributed by atoms with Crippen LogP contribution in [0.1, 0.15) is 22.3 Å². The number of rotatable bonds is 3. The van der Waals surface area contributed by atoms with Crippen LogP contribution in [0.4, 0.5) is 39.5 Å². The van der Waals surface area contributed by atoms with E-state index in [4.69, 9.17) is 0 Å². The molecule has 0 N–H and O–H groups in total. The van der Waals surface area contributed by atoms with Gasteiger partial charge >= 0.3 is 23.9 Å². The van der Waals surface area contributed by atoms with E-state index in [2.05, 4.69) is 0 Å². The number of nitrogens with zero attached hydrogens (tertiary/aromatic N) is 1. The zero-order valence-corrected chi connectivity index (χ0v) is 14.8. The molecule has 0 saturated heterocycles. The highest BCUT2D eigenvalue weighted by Gasteiger charge is 2.82. The molecule has 0 spiro atoms. The van der Waals surface area contributed by atoms with Crippen LogP contribution in [0, 0.1) is 25.2 Å². The van der Waals surface area contributed by atoms with Crippen molar-refractivity contribution in [2.45, 2.75) is 37.8 Å². The Morgan fingerprint density at radius 1 is 0.793 bits per heavy atom. The van der Waals surface area contributed by atoms with Crippen molar-refractivity contribution >= 4 is 0 Å². The fraction of sp³-hybridized carbons (Fsp3) is 0.316. The topological polar surface area (TPSA) is 23.8 Å². The van der Waals surface area contributed by atoms with Crippen LogP contribution in [0.15, 0.2) is 36.4 Å². The molecule has 0 aliphatic rings. The van der Waals surface area contributed by atoms with E-state index in [9.17, 15) is 40.4 Å². The molecule has 2 rings (SSSR count). The monoisotopic (exact) mass is 425 g/mol. The third-order valence-corrected chi connectivity index (χ3v) is 4.35. The fourth-order valence-electron chi connectivity index (χ4n) is 3.09. The van der Waals surface area contributed by atoms with Crippen molar-refractivity contribution < 1.29 is 39.5 Å². The van der Waals surface area contributed by atoms with Crippen LogP contribution in [0.2, 0.25) is 0 Å². The molecule has 0 bridgehead atoms. The molecule has 0 fully saturated rings. The van der Waals surface area contributed by atoms with E-state index < -0.39 is 40.6 Å². The van der Waals surface area contributed by atoms with Gasteiger partial charge in [0.2, 0.25) is 0 Å². The molecular formula is C19H12F9N. The molecule has 10 heteroatoms. The van der Waals surface area contributed by atoms with Crippen LogP contribution in [0.25, 0.3) is 11.1 Å². The second-order valence-corrected chi connectivity index (χ2v) is 6.39. The van der Waals surface area contributed by atoms with Gasteiger partial charge in [-0.1, -0.05) is 35.9 Å². The van der Waals surface area contributed by atoms with Crippen molar-refractivity contribution in [3.05, 3.63) is 58.7 Å². The van der Waals surface area contributed by atoms with Gasteiger partial charge in [0.1, 0.15) is 0 Å². The molecule has 2 aromatic carbocycles. The second-order valence-electron chi connectivity index (χ2n) is 6.39. The molecule has 1 unspecified atom stereocenters. The largest absolute Gasteiger partial charge is 0.457 e. The molecule has 156 valence electrons. The molecule has 29 heavy (non-hydrogen) atoms. The van der Waals surface area contributed by atoms with Crippen molar-refractivity contribution in [2.75, 3.05) is 0 Å². The number of hydrogen-bond acceptors (Lipinski definition) is 1. The highest BCUT2D eigenvalue weighted by atomic mass is 19.4. The van der Waals surface area contributed by atoms with Gasteiger partial charge in [-0.15, -0.1) is 0 Å². The summed E-state index contributed by atoms with van der Waals surface area (Å²) in [6.07, 6.45) is -13.5. The second kappa shape index (κ2) is 6.97. The van der Waals surface area contributed by atoms with Gasteiger partial charge in [-0.2, -0.15) is 40.4 Å². The summed E-state index contributed by atoms with van der Waals surface area (Å²) in [4.78, 5) is 0. The summed E-state index contributed by atoms with van der Waals surface area (Å²) in [5.74, 6) is -6.80. The molecule has 0 amide bonds. The molecule has 0 aliphatic heterocycles.